The highest BCUT2D eigenvalue weighted by atomic mass is 19.4. The summed E-state index contributed by atoms with van der Waals surface area (Å²) >= 11 is 0. The molecule has 2 rings (SSSR count). The van der Waals surface area contributed by atoms with Crippen LogP contribution in [-0.4, -0.2) is 6.18 Å². The van der Waals surface area contributed by atoms with E-state index < -0.39 is 23.5 Å². The quantitative estimate of drug-likeness (QED) is 0.769. The van der Waals surface area contributed by atoms with Crippen LogP contribution in [0.15, 0.2) is 18.2 Å². The van der Waals surface area contributed by atoms with Crippen molar-refractivity contribution in [1.82, 2.24) is 0 Å². The molecule has 0 aliphatic heterocycles. The fourth-order valence-electron chi connectivity index (χ4n) is 2.96. The van der Waals surface area contributed by atoms with Crippen molar-refractivity contribution in [1.29, 1.82) is 0 Å². The summed E-state index contributed by atoms with van der Waals surface area (Å²) < 4.78 is 51.9. The minimum absolute atomic E-state index is 0.108. The maximum Gasteiger partial charge on any atom is 0.391 e. The summed E-state index contributed by atoms with van der Waals surface area (Å²) in [5.74, 6) is -1.85. The molecule has 1 aromatic carbocycles. The molecule has 1 aliphatic rings. The van der Waals surface area contributed by atoms with Gasteiger partial charge in [0.2, 0.25) is 0 Å². The smallest absolute Gasteiger partial charge is 0.321 e. The van der Waals surface area contributed by atoms with E-state index in [-0.39, 0.29) is 12.8 Å². The molecule has 1 aromatic rings. The number of hydrogen-bond acceptors (Lipinski definition) is 1. The second-order valence-corrected chi connectivity index (χ2v) is 5.45. The number of hydrogen-bond donors (Lipinski definition) is 1. The summed E-state index contributed by atoms with van der Waals surface area (Å²) in [5, 5.41) is 0. The van der Waals surface area contributed by atoms with Crippen LogP contribution in [0.3, 0.4) is 0 Å². The van der Waals surface area contributed by atoms with Gasteiger partial charge >= 0.3 is 6.18 Å². The third-order valence-corrected chi connectivity index (χ3v) is 3.99. The van der Waals surface area contributed by atoms with Gasteiger partial charge in [-0.1, -0.05) is 12.5 Å². The van der Waals surface area contributed by atoms with Crippen molar-refractivity contribution in [2.45, 2.75) is 44.3 Å². The zero-order valence-corrected chi connectivity index (χ0v) is 10.7. The van der Waals surface area contributed by atoms with Gasteiger partial charge in [0, 0.05) is 5.54 Å². The second-order valence-electron chi connectivity index (χ2n) is 5.45. The van der Waals surface area contributed by atoms with E-state index in [9.17, 15) is 17.6 Å². The van der Waals surface area contributed by atoms with Gasteiger partial charge in [0.1, 0.15) is 5.82 Å². The van der Waals surface area contributed by atoms with Crippen LogP contribution in [0.4, 0.5) is 17.6 Å². The molecule has 2 N–H and O–H groups in total. The van der Waals surface area contributed by atoms with Crippen LogP contribution >= 0.6 is 0 Å². The first-order chi connectivity index (χ1) is 8.72. The van der Waals surface area contributed by atoms with E-state index in [4.69, 9.17) is 5.73 Å². The molecule has 1 aliphatic carbocycles. The number of nitrogens with two attached hydrogens (primary N) is 1. The highest BCUT2D eigenvalue weighted by Crippen LogP contribution is 2.45. The van der Waals surface area contributed by atoms with Crippen LogP contribution in [-0.2, 0) is 5.54 Å². The van der Waals surface area contributed by atoms with Gasteiger partial charge in [-0.15, -0.1) is 0 Å². The summed E-state index contributed by atoms with van der Waals surface area (Å²) in [4.78, 5) is 0. The van der Waals surface area contributed by atoms with Gasteiger partial charge in [-0.25, -0.2) is 4.39 Å². The fraction of sp³-hybridized carbons (Fsp3) is 0.571. The average Bonchev–Trinajstić information content (AvgIpc) is 2.31. The van der Waals surface area contributed by atoms with Crippen molar-refractivity contribution in [2.24, 2.45) is 11.7 Å². The molecular weight excluding hydrogens is 258 g/mol. The maximum absolute atomic E-state index is 13.3. The highest BCUT2D eigenvalue weighted by molar-refractivity contribution is 5.33. The Labute approximate surface area is 109 Å². The molecule has 0 amide bonds. The molecule has 0 spiro atoms. The van der Waals surface area contributed by atoms with Gasteiger partial charge < -0.3 is 5.73 Å². The number of rotatable bonds is 1. The Kier molecular flexibility index (Phi) is 3.60. The van der Waals surface area contributed by atoms with Crippen molar-refractivity contribution in [3.05, 3.63) is 35.1 Å². The minimum Gasteiger partial charge on any atom is -0.321 e. The minimum atomic E-state index is -4.23. The molecule has 1 fully saturated rings. The first-order valence-electron chi connectivity index (χ1n) is 6.34. The Bertz CT molecular complexity index is 469. The first-order valence-corrected chi connectivity index (χ1v) is 6.34. The lowest BCUT2D eigenvalue weighted by molar-refractivity contribution is -0.187. The standard InChI is InChI=1S/C14H17F4N/c1-9-4-5-11(15)7-12(9)13(19)6-2-3-10(8-13)14(16,17)18/h4-5,7,10H,2-3,6,8,19H2,1H3. The molecule has 106 valence electrons. The summed E-state index contributed by atoms with van der Waals surface area (Å²) in [7, 11) is 0. The van der Waals surface area contributed by atoms with Crippen molar-refractivity contribution >= 4 is 0 Å². The number of aryl methyl sites for hydroxylation is 1. The average molecular weight is 275 g/mol. The van der Waals surface area contributed by atoms with Crippen LogP contribution in [0.1, 0.15) is 36.8 Å². The molecule has 2 unspecified atom stereocenters. The van der Waals surface area contributed by atoms with Crippen molar-refractivity contribution in [3.63, 3.8) is 0 Å². The number of alkyl halides is 3. The SMILES string of the molecule is Cc1ccc(F)cc1C1(N)CCCC(C(F)(F)F)C1. The topological polar surface area (TPSA) is 26.0 Å². The molecule has 0 saturated heterocycles. The van der Waals surface area contributed by atoms with E-state index in [2.05, 4.69) is 0 Å². The van der Waals surface area contributed by atoms with Crippen LogP contribution in [0.2, 0.25) is 0 Å². The van der Waals surface area contributed by atoms with Gasteiger partial charge in [-0.3, -0.25) is 0 Å². The molecule has 1 nitrogen and oxygen atoms in total. The lowest BCUT2D eigenvalue weighted by Gasteiger charge is -2.39. The molecule has 0 aromatic heterocycles. The first kappa shape index (κ1) is 14.3. The van der Waals surface area contributed by atoms with Crippen LogP contribution < -0.4 is 5.73 Å². The molecule has 0 heterocycles. The van der Waals surface area contributed by atoms with Crippen molar-refractivity contribution in [3.8, 4) is 0 Å². The Morgan fingerprint density at radius 3 is 2.63 bits per heavy atom. The van der Waals surface area contributed by atoms with E-state index in [1.165, 1.54) is 12.1 Å². The molecule has 5 heteroatoms. The number of halogens is 4. The Morgan fingerprint density at radius 1 is 1.32 bits per heavy atom. The Balaban J connectivity index is 2.34. The molecule has 2 atom stereocenters. The summed E-state index contributed by atoms with van der Waals surface area (Å²) in [6.45, 7) is 1.75. The molecule has 0 bridgehead atoms. The predicted octanol–water partition coefficient (Wildman–Crippen LogP) is 4.04. The molecular formula is C14H17F4N. The lowest BCUT2D eigenvalue weighted by Crippen LogP contribution is -2.45. The normalized spacial score (nSPS) is 28.4. The van der Waals surface area contributed by atoms with E-state index in [1.54, 1.807) is 13.0 Å². The lowest BCUT2D eigenvalue weighted by atomic mass is 9.71. The van der Waals surface area contributed by atoms with Gasteiger partial charge in [0.15, 0.2) is 0 Å². The largest absolute Gasteiger partial charge is 0.391 e. The highest BCUT2D eigenvalue weighted by Gasteiger charge is 2.47. The van der Waals surface area contributed by atoms with Crippen molar-refractivity contribution < 1.29 is 17.6 Å². The summed E-state index contributed by atoms with van der Waals surface area (Å²) in [6, 6.07) is 4.14. The van der Waals surface area contributed by atoms with Crippen molar-refractivity contribution in [2.75, 3.05) is 0 Å². The predicted molar refractivity (Wildman–Crippen MR) is 65.0 cm³/mol. The van der Waals surface area contributed by atoms with Crippen LogP contribution in [0.5, 0.6) is 0 Å². The maximum atomic E-state index is 13.3. The summed E-state index contributed by atoms with van der Waals surface area (Å²) in [6.07, 6.45) is -3.41. The van der Waals surface area contributed by atoms with Gasteiger partial charge in [-0.2, -0.15) is 13.2 Å². The van der Waals surface area contributed by atoms with E-state index >= 15 is 0 Å². The van der Waals surface area contributed by atoms with Gasteiger partial charge in [0.25, 0.3) is 0 Å². The zero-order valence-electron chi connectivity index (χ0n) is 10.7. The van der Waals surface area contributed by atoms with Crippen LogP contribution in [0, 0.1) is 18.7 Å². The Hall–Kier alpha value is -1.10. The number of benzene rings is 1. The molecule has 0 radical (unpaired) electrons. The monoisotopic (exact) mass is 275 g/mol. The summed E-state index contributed by atoms with van der Waals surface area (Å²) in [5.41, 5.74) is 6.34. The van der Waals surface area contributed by atoms with E-state index in [0.717, 1.165) is 5.56 Å². The third-order valence-electron chi connectivity index (χ3n) is 3.99. The second kappa shape index (κ2) is 4.78. The molecule has 1 saturated carbocycles. The van der Waals surface area contributed by atoms with E-state index in [1.807, 2.05) is 0 Å². The van der Waals surface area contributed by atoms with E-state index in [0.29, 0.717) is 18.4 Å². The third kappa shape index (κ3) is 2.91. The van der Waals surface area contributed by atoms with Gasteiger partial charge in [0.05, 0.1) is 5.92 Å². The van der Waals surface area contributed by atoms with Crippen LogP contribution in [0.25, 0.3) is 0 Å². The Morgan fingerprint density at radius 2 is 2.00 bits per heavy atom. The van der Waals surface area contributed by atoms with Gasteiger partial charge in [-0.05, 0) is 49.4 Å². The molecule has 19 heavy (non-hydrogen) atoms. The zero-order chi connectivity index (χ0) is 14.3. The fourth-order valence-corrected chi connectivity index (χ4v) is 2.96.